The van der Waals surface area contributed by atoms with Crippen molar-refractivity contribution in [2.45, 2.75) is 6.42 Å². The van der Waals surface area contributed by atoms with Crippen LogP contribution >= 0.6 is 15.9 Å². The van der Waals surface area contributed by atoms with Gasteiger partial charge in [-0.3, -0.25) is 4.79 Å². The lowest BCUT2D eigenvalue weighted by molar-refractivity contribution is 0.0984. The molecule has 2 rings (SSSR count). The Kier molecular flexibility index (Phi) is 4.90. The molecule has 0 amide bonds. The molecule has 0 unspecified atom stereocenters. The molecule has 20 heavy (non-hydrogen) atoms. The van der Waals surface area contributed by atoms with E-state index in [0.717, 1.165) is 10.2 Å². The second kappa shape index (κ2) is 6.66. The Bertz CT molecular complexity index is 598. The zero-order chi connectivity index (χ0) is 14.5. The first-order valence-electron chi connectivity index (χ1n) is 6.32. The van der Waals surface area contributed by atoms with Gasteiger partial charge in [-0.1, -0.05) is 34.1 Å². The van der Waals surface area contributed by atoms with E-state index < -0.39 is 0 Å². The molecule has 2 aromatic rings. The van der Waals surface area contributed by atoms with Crippen molar-refractivity contribution in [3.8, 4) is 0 Å². The van der Waals surface area contributed by atoms with Crippen LogP contribution in [0.2, 0.25) is 0 Å². The highest BCUT2D eigenvalue weighted by molar-refractivity contribution is 9.10. The number of hydrogen-bond donors (Lipinski definition) is 0. The second-order valence-electron chi connectivity index (χ2n) is 4.55. The van der Waals surface area contributed by atoms with E-state index in [4.69, 9.17) is 0 Å². The summed E-state index contributed by atoms with van der Waals surface area (Å²) >= 11 is 3.38. The number of halogens is 2. The third-order valence-corrected chi connectivity index (χ3v) is 3.81. The van der Waals surface area contributed by atoms with Crippen LogP contribution in [0.1, 0.15) is 16.8 Å². The average Bonchev–Trinajstić information content (AvgIpc) is 2.45. The highest BCUT2D eigenvalue weighted by atomic mass is 79.9. The van der Waals surface area contributed by atoms with Crippen LogP contribution < -0.4 is 4.90 Å². The number of carbonyl (C=O) groups excluding carboxylic acids is 1. The third kappa shape index (κ3) is 3.67. The molecule has 0 atom stereocenters. The summed E-state index contributed by atoms with van der Waals surface area (Å²) in [7, 11) is 1.89. The first kappa shape index (κ1) is 14.7. The number of benzene rings is 2. The van der Waals surface area contributed by atoms with E-state index in [2.05, 4.69) is 15.9 Å². The molecule has 0 spiro atoms. The van der Waals surface area contributed by atoms with Gasteiger partial charge in [0.2, 0.25) is 0 Å². The number of nitrogens with zero attached hydrogens (tertiary/aromatic N) is 1. The van der Waals surface area contributed by atoms with E-state index in [1.807, 2.05) is 36.2 Å². The molecule has 0 bridgehead atoms. The quantitative estimate of drug-likeness (QED) is 0.759. The Hall–Kier alpha value is -1.68. The minimum absolute atomic E-state index is 0.0893. The number of ketones is 1. The molecule has 104 valence electrons. The summed E-state index contributed by atoms with van der Waals surface area (Å²) in [5.74, 6) is -0.169. The SMILES string of the molecule is CN(CCC(=O)c1ccccc1Br)c1ccc(F)cc1. The van der Waals surface area contributed by atoms with E-state index in [-0.39, 0.29) is 11.6 Å². The van der Waals surface area contributed by atoms with Gasteiger partial charge in [0.05, 0.1) is 0 Å². The molecule has 0 aromatic heterocycles. The molecule has 0 N–H and O–H groups in total. The summed E-state index contributed by atoms with van der Waals surface area (Å²) in [4.78, 5) is 14.1. The minimum atomic E-state index is -0.258. The van der Waals surface area contributed by atoms with Crippen molar-refractivity contribution in [1.29, 1.82) is 0 Å². The van der Waals surface area contributed by atoms with E-state index in [0.29, 0.717) is 18.5 Å². The summed E-state index contributed by atoms with van der Waals surface area (Å²) < 4.78 is 13.7. The van der Waals surface area contributed by atoms with Gasteiger partial charge in [-0.15, -0.1) is 0 Å². The maximum atomic E-state index is 12.9. The van der Waals surface area contributed by atoms with Gasteiger partial charge in [-0.25, -0.2) is 4.39 Å². The summed E-state index contributed by atoms with van der Waals surface area (Å²) in [5, 5.41) is 0. The van der Waals surface area contributed by atoms with Gasteiger partial charge in [-0.2, -0.15) is 0 Å². The van der Waals surface area contributed by atoms with Crippen molar-refractivity contribution in [2.75, 3.05) is 18.5 Å². The standard InChI is InChI=1S/C16H15BrFNO/c1-19(13-8-6-12(18)7-9-13)11-10-16(20)14-4-2-3-5-15(14)17/h2-9H,10-11H2,1H3. The molecule has 2 nitrogen and oxygen atoms in total. The van der Waals surface area contributed by atoms with Gasteiger partial charge in [0, 0.05) is 35.7 Å². The lowest BCUT2D eigenvalue weighted by Gasteiger charge is -2.18. The zero-order valence-electron chi connectivity index (χ0n) is 11.1. The van der Waals surface area contributed by atoms with Crippen molar-refractivity contribution in [3.05, 3.63) is 64.4 Å². The fourth-order valence-electron chi connectivity index (χ4n) is 1.92. The van der Waals surface area contributed by atoms with Crippen LogP contribution in [-0.2, 0) is 0 Å². The van der Waals surface area contributed by atoms with Crippen LogP contribution in [0.4, 0.5) is 10.1 Å². The Morgan fingerprint density at radius 2 is 1.80 bits per heavy atom. The number of rotatable bonds is 5. The molecule has 0 saturated heterocycles. The van der Waals surface area contributed by atoms with Crippen LogP contribution in [-0.4, -0.2) is 19.4 Å². The molecular weight excluding hydrogens is 321 g/mol. The summed E-state index contributed by atoms with van der Waals surface area (Å²) in [5.41, 5.74) is 1.59. The number of Topliss-reactive ketones (excluding diaryl/α,β-unsaturated/α-hetero) is 1. The smallest absolute Gasteiger partial charge is 0.165 e. The van der Waals surface area contributed by atoms with E-state index in [9.17, 15) is 9.18 Å². The maximum Gasteiger partial charge on any atom is 0.165 e. The number of carbonyl (C=O) groups is 1. The van der Waals surface area contributed by atoms with Crippen LogP contribution in [0.3, 0.4) is 0 Å². The van der Waals surface area contributed by atoms with Crippen LogP contribution in [0.25, 0.3) is 0 Å². The Morgan fingerprint density at radius 3 is 2.45 bits per heavy atom. The maximum absolute atomic E-state index is 12.9. The van der Waals surface area contributed by atoms with Crippen LogP contribution in [0, 0.1) is 5.82 Å². The Labute approximate surface area is 126 Å². The van der Waals surface area contributed by atoms with Crippen molar-refractivity contribution < 1.29 is 9.18 Å². The molecule has 2 aromatic carbocycles. The van der Waals surface area contributed by atoms with Crippen LogP contribution in [0.15, 0.2) is 53.0 Å². The highest BCUT2D eigenvalue weighted by Crippen LogP contribution is 2.19. The molecule has 4 heteroatoms. The van der Waals surface area contributed by atoms with E-state index >= 15 is 0 Å². The second-order valence-corrected chi connectivity index (χ2v) is 5.41. The predicted molar refractivity (Wildman–Crippen MR) is 82.8 cm³/mol. The topological polar surface area (TPSA) is 20.3 Å². The molecule has 0 aliphatic carbocycles. The minimum Gasteiger partial charge on any atom is -0.374 e. The van der Waals surface area contributed by atoms with Gasteiger partial charge in [0.1, 0.15) is 5.82 Å². The molecule has 0 fully saturated rings. The third-order valence-electron chi connectivity index (χ3n) is 3.12. The van der Waals surface area contributed by atoms with Gasteiger partial charge >= 0.3 is 0 Å². The molecule has 0 radical (unpaired) electrons. The molecular formula is C16H15BrFNO. The summed E-state index contributed by atoms with van der Waals surface area (Å²) in [6.45, 7) is 0.589. The monoisotopic (exact) mass is 335 g/mol. The van der Waals surface area contributed by atoms with Gasteiger partial charge in [0.15, 0.2) is 5.78 Å². The van der Waals surface area contributed by atoms with E-state index in [1.54, 1.807) is 12.1 Å². The van der Waals surface area contributed by atoms with Gasteiger partial charge in [-0.05, 0) is 30.3 Å². The largest absolute Gasteiger partial charge is 0.374 e. The van der Waals surface area contributed by atoms with E-state index in [1.165, 1.54) is 12.1 Å². The Balaban J connectivity index is 1.97. The molecule has 0 aliphatic rings. The fraction of sp³-hybridized carbons (Fsp3) is 0.188. The highest BCUT2D eigenvalue weighted by Gasteiger charge is 2.10. The lowest BCUT2D eigenvalue weighted by Crippen LogP contribution is -2.21. The van der Waals surface area contributed by atoms with Crippen molar-refractivity contribution in [2.24, 2.45) is 0 Å². The van der Waals surface area contributed by atoms with Crippen LogP contribution in [0.5, 0.6) is 0 Å². The first-order valence-corrected chi connectivity index (χ1v) is 7.11. The fourth-order valence-corrected chi connectivity index (χ4v) is 2.42. The molecule has 0 aliphatic heterocycles. The zero-order valence-corrected chi connectivity index (χ0v) is 12.7. The number of anilines is 1. The van der Waals surface area contributed by atoms with Crippen molar-refractivity contribution in [3.63, 3.8) is 0 Å². The molecule has 0 heterocycles. The predicted octanol–water partition coefficient (Wildman–Crippen LogP) is 4.30. The molecule has 0 saturated carbocycles. The lowest BCUT2D eigenvalue weighted by atomic mass is 10.1. The van der Waals surface area contributed by atoms with Gasteiger partial charge < -0.3 is 4.90 Å². The number of hydrogen-bond acceptors (Lipinski definition) is 2. The summed E-state index contributed by atoms with van der Waals surface area (Å²) in [6.07, 6.45) is 0.413. The summed E-state index contributed by atoms with van der Waals surface area (Å²) in [6, 6.07) is 13.6. The van der Waals surface area contributed by atoms with Crippen molar-refractivity contribution >= 4 is 27.4 Å². The van der Waals surface area contributed by atoms with Gasteiger partial charge in [0.25, 0.3) is 0 Å². The first-order chi connectivity index (χ1) is 9.58. The Morgan fingerprint density at radius 1 is 1.15 bits per heavy atom. The average molecular weight is 336 g/mol. The normalized spacial score (nSPS) is 10.3. The van der Waals surface area contributed by atoms with Crippen molar-refractivity contribution in [1.82, 2.24) is 0 Å².